The van der Waals surface area contributed by atoms with E-state index in [0.29, 0.717) is 40.2 Å². The number of ether oxygens (including phenoxy) is 1. The third-order valence-corrected chi connectivity index (χ3v) is 7.60. The van der Waals surface area contributed by atoms with Crippen LogP contribution in [0.2, 0.25) is 0 Å². The normalized spacial score (nSPS) is 15.5. The van der Waals surface area contributed by atoms with Gasteiger partial charge < -0.3 is 15.4 Å². The average molecular weight is 481 g/mol. The van der Waals surface area contributed by atoms with Crippen LogP contribution in [0.3, 0.4) is 0 Å². The lowest BCUT2D eigenvalue weighted by Crippen LogP contribution is -2.27. The first-order valence-electron chi connectivity index (χ1n) is 11.7. The van der Waals surface area contributed by atoms with Crippen LogP contribution in [-0.2, 0) is 19.9 Å². The van der Waals surface area contributed by atoms with Gasteiger partial charge in [-0.25, -0.2) is 0 Å². The van der Waals surface area contributed by atoms with Crippen molar-refractivity contribution < 1.29 is 14.3 Å². The Morgan fingerprint density at radius 1 is 1.18 bits per heavy atom. The Kier molecular flexibility index (Phi) is 6.79. The fourth-order valence-corrected chi connectivity index (χ4v) is 5.77. The highest BCUT2D eigenvalue weighted by Crippen LogP contribution is 2.44. The molecule has 7 nitrogen and oxygen atoms in total. The van der Waals surface area contributed by atoms with E-state index in [-0.39, 0.29) is 17.2 Å². The molecular weight excluding hydrogens is 448 g/mol. The molecule has 0 saturated heterocycles. The van der Waals surface area contributed by atoms with Crippen molar-refractivity contribution in [3.05, 3.63) is 58.2 Å². The number of aromatic nitrogens is 2. The molecule has 3 aromatic rings. The van der Waals surface area contributed by atoms with E-state index in [1.54, 1.807) is 19.3 Å². The van der Waals surface area contributed by atoms with Gasteiger partial charge in [-0.3, -0.25) is 14.3 Å². The summed E-state index contributed by atoms with van der Waals surface area (Å²) in [6, 6.07) is 9.06. The molecule has 1 atom stereocenters. The fourth-order valence-electron chi connectivity index (χ4n) is 4.45. The highest BCUT2D eigenvalue weighted by atomic mass is 32.1. The molecule has 0 fully saturated rings. The maximum atomic E-state index is 13.6. The van der Waals surface area contributed by atoms with Crippen molar-refractivity contribution in [2.45, 2.75) is 47.0 Å². The second kappa shape index (κ2) is 9.62. The molecule has 2 amide bonds. The molecule has 8 heteroatoms. The molecule has 0 radical (unpaired) electrons. The quantitative estimate of drug-likeness (QED) is 0.485. The minimum atomic E-state index is -0.283. The molecule has 2 aromatic heterocycles. The number of thiophene rings is 1. The van der Waals surface area contributed by atoms with Gasteiger partial charge in [0.1, 0.15) is 16.4 Å². The van der Waals surface area contributed by atoms with Crippen LogP contribution in [-0.4, -0.2) is 28.2 Å². The van der Waals surface area contributed by atoms with Crippen LogP contribution in [0, 0.1) is 11.3 Å². The predicted molar refractivity (Wildman–Crippen MR) is 136 cm³/mol. The van der Waals surface area contributed by atoms with Gasteiger partial charge in [0.15, 0.2) is 0 Å². The first kappa shape index (κ1) is 24.0. The summed E-state index contributed by atoms with van der Waals surface area (Å²) >= 11 is 1.51. The zero-order valence-corrected chi connectivity index (χ0v) is 21.2. The van der Waals surface area contributed by atoms with E-state index in [0.717, 1.165) is 24.8 Å². The molecule has 0 saturated carbocycles. The molecule has 1 aliphatic rings. The summed E-state index contributed by atoms with van der Waals surface area (Å²) in [6.07, 6.45) is 4.31. The van der Waals surface area contributed by atoms with Crippen LogP contribution in [0.15, 0.2) is 36.5 Å². The van der Waals surface area contributed by atoms with Crippen molar-refractivity contribution in [3.63, 3.8) is 0 Å². The van der Waals surface area contributed by atoms with Crippen LogP contribution in [0.1, 0.15) is 65.4 Å². The third-order valence-electron chi connectivity index (χ3n) is 6.43. The van der Waals surface area contributed by atoms with Gasteiger partial charge >= 0.3 is 0 Å². The first-order valence-corrected chi connectivity index (χ1v) is 12.5. The minimum absolute atomic E-state index is 0.179. The van der Waals surface area contributed by atoms with Crippen LogP contribution in [0.5, 0.6) is 5.75 Å². The Balaban J connectivity index is 1.70. The van der Waals surface area contributed by atoms with Crippen LogP contribution in [0.25, 0.3) is 0 Å². The maximum Gasteiger partial charge on any atom is 0.274 e. The number of benzene rings is 1. The standard InChI is InChI=1S/C26H32N4O3S/c1-6-33-20-10-8-7-9-18(20)28-24(32)22-17-12-11-16(26(2,3)4)15-21(17)34-25(22)29-23(31)19-13-14-27-30(19)5/h7-10,13-14,16H,6,11-12,15H2,1-5H3,(H,28,32)(H,29,31)/t16-/m1/s1. The van der Waals surface area contributed by atoms with Crippen molar-refractivity contribution in [1.29, 1.82) is 0 Å². The second-order valence-electron chi connectivity index (χ2n) is 9.69. The fraction of sp³-hybridized carbons (Fsp3) is 0.423. The average Bonchev–Trinajstić information content (AvgIpc) is 3.37. The lowest BCUT2D eigenvalue weighted by Gasteiger charge is -2.33. The predicted octanol–water partition coefficient (Wildman–Crippen LogP) is 5.54. The molecule has 1 aliphatic carbocycles. The SMILES string of the molecule is CCOc1ccccc1NC(=O)c1c(NC(=O)c2ccnn2C)sc2c1CC[C@@H](C(C)(C)C)C2. The van der Waals surface area contributed by atoms with E-state index in [9.17, 15) is 9.59 Å². The van der Waals surface area contributed by atoms with Crippen molar-refractivity contribution in [3.8, 4) is 5.75 Å². The van der Waals surface area contributed by atoms with Gasteiger partial charge in [-0.15, -0.1) is 11.3 Å². The summed E-state index contributed by atoms with van der Waals surface area (Å²) in [7, 11) is 1.72. The van der Waals surface area contributed by atoms with E-state index in [1.165, 1.54) is 20.9 Å². The molecule has 2 heterocycles. The number of hydrogen-bond acceptors (Lipinski definition) is 5. The number of amides is 2. The summed E-state index contributed by atoms with van der Waals surface area (Å²) in [5, 5.41) is 10.7. The number of rotatable bonds is 6. The number of carbonyl (C=O) groups excluding carboxylic acids is 2. The molecule has 1 aromatic carbocycles. The number of anilines is 2. The molecule has 4 rings (SSSR count). The Bertz CT molecular complexity index is 1210. The number of nitrogens with one attached hydrogen (secondary N) is 2. The number of para-hydroxylation sites is 2. The van der Waals surface area contributed by atoms with Crippen LogP contribution in [0.4, 0.5) is 10.7 Å². The first-order chi connectivity index (χ1) is 16.2. The summed E-state index contributed by atoms with van der Waals surface area (Å²) in [4.78, 5) is 27.8. The summed E-state index contributed by atoms with van der Waals surface area (Å²) < 4.78 is 7.21. The minimum Gasteiger partial charge on any atom is -0.492 e. The van der Waals surface area contributed by atoms with Gasteiger partial charge in [-0.2, -0.15) is 5.10 Å². The Hall–Kier alpha value is -3.13. The molecule has 0 bridgehead atoms. The summed E-state index contributed by atoms with van der Waals surface area (Å²) in [6.45, 7) is 9.20. The van der Waals surface area contributed by atoms with Gasteiger partial charge in [-0.05, 0) is 61.3 Å². The van der Waals surface area contributed by atoms with Crippen molar-refractivity contribution >= 4 is 33.8 Å². The molecule has 180 valence electrons. The van der Waals surface area contributed by atoms with E-state index in [2.05, 4.69) is 36.5 Å². The Morgan fingerprint density at radius 2 is 1.94 bits per heavy atom. The van der Waals surface area contributed by atoms with Gasteiger partial charge in [0.05, 0.1) is 17.9 Å². The number of fused-ring (bicyclic) bond motifs is 1. The number of aryl methyl sites for hydroxylation is 1. The lowest BCUT2D eigenvalue weighted by atomic mass is 9.72. The van der Waals surface area contributed by atoms with E-state index < -0.39 is 0 Å². The Labute approximate surface area is 204 Å². The maximum absolute atomic E-state index is 13.6. The summed E-state index contributed by atoms with van der Waals surface area (Å²) in [5.74, 6) is 0.624. The molecule has 34 heavy (non-hydrogen) atoms. The monoisotopic (exact) mass is 480 g/mol. The van der Waals surface area contributed by atoms with Gasteiger partial charge in [0, 0.05) is 18.1 Å². The molecule has 0 unspecified atom stereocenters. The number of nitrogens with zero attached hydrogens (tertiary/aromatic N) is 2. The lowest BCUT2D eigenvalue weighted by molar-refractivity contribution is 0.101. The zero-order valence-electron chi connectivity index (χ0n) is 20.4. The largest absolute Gasteiger partial charge is 0.492 e. The van der Waals surface area contributed by atoms with E-state index >= 15 is 0 Å². The van der Waals surface area contributed by atoms with E-state index in [1.807, 2.05) is 31.2 Å². The molecular formula is C26H32N4O3S. The second-order valence-corrected chi connectivity index (χ2v) is 10.8. The smallest absolute Gasteiger partial charge is 0.274 e. The third kappa shape index (κ3) is 4.87. The highest BCUT2D eigenvalue weighted by molar-refractivity contribution is 7.17. The van der Waals surface area contributed by atoms with E-state index in [4.69, 9.17) is 4.74 Å². The highest BCUT2D eigenvalue weighted by Gasteiger charge is 2.34. The van der Waals surface area contributed by atoms with Crippen molar-refractivity contribution in [2.75, 3.05) is 17.2 Å². The van der Waals surface area contributed by atoms with Gasteiger partial charge in [0.2, 0.25) is 0 Å². The van der Waals surface area contributed by atoms with Gasteiger partial charge in [-0.1, -0.05) is 32.9 Å². The molecule has 0 aliphatic heterocycles. The zero-order chi connectivity index (χ0) is 24.5. The van der Waals surface area contributed by atoms with Crippen LogP contribution >= 0.6 is 11.3 Å². The number of carbonyl (C=O) groups is 2. The van der Waals surface area contributed by atoms with Crippen molar-refractivity contribution in [2.24, 2.45) is 18.4 Å². The Morgan fingerprint density at radius 3 is 2.62 bits per heavy atom. The number of hydrogen-bond donors (Lipinski definition) is 2. The summed E-state index contributed by atoms with van der Waals surface area (Å²) in [5.41, 5.74) is 2.82. The van der Waals surface area contributed by atoms with Crippen molar-refractivity contribution in [1.82, 2.24) is 9.78 Å². The molecule has 2 N–H and O–H groups in total. The van der Waals surface area contributed by atoms with Crippen LogP contribution < -0.4 is 15.4 Å². The van der Waals surface area contributed by atoms with Gasteiger partial charge in [0.25, 0.3) is 11.8 Å². The molecule has 0 spiro atoms. The topological polar surface area (TPSA) is 85.2 Å².